The maximum atomic E-state index is 4.38. The molecule has 1 aliphatic heterocycles. The molecule has 1 fully saturated rings. The van der Waals surface area contributed by atoms with Crippen molar-refractivity contribution in [2.45, 2.75) is 25.8 Å². The third-order valence-corrected chi connectivity index (χ3v) is 4.73. The highest BCUT2D eigenvalue weighted by Crippen LogP contribution is 2.36. The number of hydrogen-bond acceptors (Lipinski definition) is 5. The topological polar surface area (TPSA) is 50.1 Å². The SMILES string of the molecule is CCN1CCC[C@@H](CN(C)c2ncccn2)[C@@H]1c1cnn(C)c1. The van der Waals surface area contributed by atoms with E-state index in [-0.39, 0.29) is 0 Å². The lowest BCUT2D eigenvalue weighted by molar-refractivity contribution is 0.101. The lowest BCUT2D eigenvalue weighted by Crippen LogP contribution is -2.43. The molecule has 1 saturated heterocycles. The Balaban J connectivity index is 1.80. The number of nitrogens with zero attached hydrogens (tertiary/aromatic N) is 6. The highest BCUT2D eigenvalue weighted by molar-refractivity contribution is 5.27. The number of hydrogen-bond donors (Lipinski definition) is 0. The van der Waals surface area contributed by atoms with Crippen molar-refractivity contribution >= 4 is 5.95 Å². The van der Waals surface area contributed by atoms with Gasteiger partial charge in [-0.2, -0.15) is 5.10 Å². The molecule has 6 heteroatoms. The lowest BCUT2D eigenvalue weighted by atomic mass is 9.85. The first-order valence-electron chi connectivity index (χ1n) is 8.39. The summed E-state index contributed by atoms with van der Waals surface area (Å²) in [5.74, 6) is 1.35. The minimum Gasteiger partial charge on any atom is -0.344 e. The van der Waals surface area contributed by atoms with Gasteiger partial charge in [0.25, 0.3) is 0 Å². The van der Waals surface area contributed by atoms with Crippen LogP contribution >= 0.6 is 0 Å². The zero-order chi connectivity index (χ0) is 16.2. The maximum absolute atomic E-state index is 4.38. The van der Waals surface area contributed by atoms with Crippen molar-refractivity contribution in [1.82, 2.24) is 24.6 Å². The van der Waals surface area contributed by atoms with E-state index in [0.29, 0.717) is 12.0 Å². The van der Waals surface area contributed by atoms with Crippen molar-refractivity contribution in [1.29, 1.82) is 0 Å². The second-order valence-electron chi connectivity index (χ2n) is 6.35. The van der Waals surface area contributed by atoms with Gasteiger partial charge < -0.3 is 4.90 Å². The zero-order valence-corrected chi connectivity index (χ0v) is 14.3. The summed E-state index contributed by atoms with van der Waals surface area (Å²) in [6.45, 7) is 5.44. The Hall–Kier alpha value is -1.95. The molecule has 6 nitrogen and oxygen atoms in total. The molecule has 0 N–H and O–H groups in total. The number of anilines is 1. The van der Waals surface area contributed by atoms with Crippen LogP contribution in [0.2, 0.25) is 0 Å². The molecule has 3 heterocycles. The lowest BCUT2D eigenvalue weighted by Gasteiger charge is -2.42. The summed E-state index contributed by atoms with van der Waals surface area (Å²) >= 11 is 0. The van der Waals surface area contributed by atoms with Gasteiger partial charge in [0.1, 0.15) is 0 Å². The number of aryl methyl sites for hydroxylation is 1. The summed E-state index contributed by atoms with van der Waals surface area (Å²) in [4.78, 5) is 13.5. The molecule has 0 saturated carbocycles. The van der Waals surface area contributed by atoms with Crippen LogP contribution < -0.4 is 4.90 Å². The molecule has 2 aromatic rings. The highest BCUT2D eigenvalue weighted by atomic mass is 15.3. The highest BCUT2D eigenvalue weighted by Gasteiger charge is 2.33. The van der Waals surface area contributed by atoms with Crippen LogP contribution in [-0.4, -0.2) is 51.3 Å². The van der Waals surface area contributed by atoms with Gasteiger partial charge in [0, 0.05) is 50.8 Å². The van der Waals surface area contributed by atoms with Crippen molar-refractivity contribution in [3.05, 3.63) is 36.4 Å². The number of piperidine rings is 1. The van der Waals surface area contributed by atoms with Crippen LogP contribution in [0, 0.1) is 5.92 Å². The molecule has 0 aliphatic carbocycles. The molecule has 2 aromatic heterocycles. The fraction of sp³-hybridized carbons (Fsp3) is 0.588. The number of rotatable bonds is 5. The number of likely N-dealkylation sites (tertiary alicyclic amines) is 1. The van der Waals surface area contributed by atoms with Crippen molar-refractivity contribution in [2.24, 2.45) is 13.0 Å². The Kier molecular flexibility index (Phi) is 4.91. The van der Waals surface area contributed by atoms with Crippen molar-refractivity contribution < 1.29 is 0 Å². The first-order valence-corrected chi connectivity index (χ1v) is 8.39. The van der Waals surface area contributed by atoms with Crippen molar-refractivity contribution in [3.8, 4) is 0 Å². The quantitative estimate of drug-likeness (QED) is 0.846. The van der Waals surface area contributed by atoms with E-state index in [1.165, 1.54) is 18.4 Å². The summed E-state index contributed by atoms with van der Waals surface area (Å²) in [5.41, 5.74) is 1.32. The minimum atomic E-state index is 0.425. The van der Waals surface area contributed by atoms with Gasteiger partial charge in [-0.05, 0) is 37.9 Å². The van der Waals surface area contributed by atoms with E-state index in [0.717, 1.165) is 25.6 Å². The monoisotopic (exact) mass is 314 g/mol. The molecular weight excluding hydrogens is 288 g/mol. The van der Waals surface area contributed by atoms with Crippen molar-refractivity contribution in [2.75, 3.05) is 31.6 Å². The average Bonchev–Trinajstić information content (AvgIpc) is 3.01. The largest absolute Gasteiger partial charge is 0.344 e. The molecule has 0 aromatic carbocycles. The molecule has 0 radical (unpaired) electrons. The molecule has 23 heavy (non-hydrogen) atoms. The van der Waals surface area contributed by atoms with Crippen LogP contribution in [0.4, 0.5) is 5.95 Å². The predicted molar refractivity (Wildman–Crippen MR) is 91.2 cm³/mol. The Bertz CT molecular complexity index is 611. The van der Waals surface area contributed by atoms with Gasteiger partial charge in [-0.1, -0.05) is 6.92 Å². The molecule has 124 valence electrons. The van der Waals surface area contributed by atoms with Gasteiger partial charge in [0.05, 0.1) is 6.20 Å². The van der Waals surface area contributed by atoms with Gasteiger partial charge in [-0.3, -0.25) is 9.58 Å². The van der Waals surface area contributed by atoms with Crippen LogP contribution in [0.3, 0.4) is 0 Å². The van der Waals surface area contributed by atoms with Crippen LogP contribution in [0.1, 0.15) is 31.4 Å². The summed E-state index contributed by atoms with van der Waals surface area (Å²) in [7, 11) is 4.07. The predicted octanol–water partition coefficient (Wildman–Crippen LogP) is 2.12. The fourth-order valence-corrected chi connectivity index (χ4v) is 3.70. The first kappa shape index (κ1) is 15.9. The van der Waals surface area contributed by atoms with Gasteiger partial charge >= 0.3 is 0 Å². The Morgan fingerprint density at radius 1 is 1.30 bits per heavy atom. The van der Waals surface area contributed by atoms with Gasteiger partial charge in [-0.25, -0.2) is 9.97 Å². The zero-order valence-electron chi connectivity index (χ0n) is 14.3. The van der Waals surface area contributed by atoms with Gasteiger partial charge in [0.2, 0.25) is 5.95 Å². The van der Waals surface area contributed by atoms with Crippen LogP contribution in [-0.2, 0) is 7.05 Å². The molecule has 0 spiro atoms. The Morgan fingerprint density at radius 2 is 2.09 bits per heavy atom. The third-order valence-electron chi connectivity index (χ3n) is 4.73. The Morgan fingerprint density at radius 3 is 2.74 bits per heavy atom. The minimum absolute atomic E-state index is 0.425. The van der Waals surface area contributed by atoms with E-state index >= 15 is 0 Å². The molecule has 1 aliphatic rings. The van der Waals surface area contributed by atoms with E-state index in [4.69, 9.17) is 0 Å². The summed E-state index contributed by atoms with van der Waals surface area (Å²) < 4.78 is 1.90. The van der Waals surface area contributed by atoms with E-state index in [1.54, 1.807) is 12.4 Å². The summed E-state index contributed by atoms with van der Waals surface area (Å²) in [5, 5.41) is 4.38. The van der Waals surface area contributed by atoms with Crippen LogP contribution in [0.5, 0.6) is 0 Å². The Labute approximate surface area is 138 Å². The van der Waals surface area contributed by atoms with Gasteiger partial charge in [0.15, 0.2) is 0 Å². The first-order chi connectivity index (χ1) is 11.2. The van der Waals surface area contributed by atoms with Crippen LogP contribution in [0.25, 0.3) is 0 Å². The second kappa shape index (κ2) is 7.08. The van der Waals surface area contributed by atoms with E-state index in [2.05, 4.69) is 45.0 Å². The van der Waals surface area contributed by atoms with Crippen molar-refractivity contribution in [3.63, 3.8) is 0 Å². The molecule has 0 bridgehead atoms. The molecule has 2 atom stereocenters. The van der Waals surface area contributed by atoms with E-state index in [1.807, 2.05) is 24.0 Å². The molecule has 0 amide bonds. The van der Waals surface area contributed by atoms with E-state index < -0.39 is 0 Å². The smallest absolute Gasteiger partial charge is 0.224 e. The molecule has 0 unspecified atom stereocenters. The average molecular weight is 314 g/mol. The fourth-order valence-electron chi connectivity index (χ4n) is 3.70. The van der Waals surface area contributed by atoms with Gasteiger partial charge in [-0.15, -0.1) is 0 Å². The maximum Gasteiger partial charge on any atom is 0.224 e. The molecule has 3 rings (SSSR count). The second-order valence-corrected chi connectivity index (χ2v) is 6.35. The molecular formula is C17H26N6. The standard InChI is InChI=1S/C17H26N6/c1-4-23-10-5-7-14(16(23)15-11-20-22(3)13-15)12-21(2)17-18-8-6-9-19-17/h6,8-9,11,13-14,16H,4-5,7,10,12H2,1-3H3/t14-,16+/m0/s1. The third kappa shape index (κ3) is 3.52. The summed E-state index contributed by atoms with van der Waals surface area (Å²) in [6, 6.07) is 2.28. The van der Waals surface area contributed by atoms with Crippen LogP contribution in [0.15, 0.2) is 30.9 Å². The normalized spacial score (nSPS) is 22.2. The number of aromatic nitrogens is 4. The van der Waals surface area contributed by atoms with E-state index in [9.17, 15) is 0 Å². The summed E-state index contributed by atoms with van der Waals surface area (Å²) in [6.07, 6.45) is 10.3.